The van der Waals surface area contributed by atoms with E-state index >= 15 is 0 Å². The first-order valence-corrected chi connectivity index (χ1v) is 17.0. The summed E-state index contributed by atoms with van der Waals surface area (Å²) in [6, 6.07) is 20.1. The molecule has 5 aromatic heterocycles. The Morgan fingerprint density at radius 1 is 0.449 bits per heavy atom. The number of allylic oxidation sites excluding steroid dienone is 4. The van der Waals surface area contributed by atoms with Crippen molar-refractivity contribution in [2.45, 2.75) is 81.1 Å². The summed E-state index contributed by atoms with van der Waals surface area (Å²) in [6.07, 6.45) is 10.7. The van der Waals surface area contributed by atoms with Crippen LogP contribution in [0, 0.1) is 13.8 Å². The zero-order valence-corrected chi connectivity index (χ0v) is 31.7. The molecule has 8 bridgehead atoms. The molecule has 2 aliphatic heterocycles. The van der Waals surface area contributed by atoms with Crippen molar-refractivity contribution >= 4 is 67.4 Å². The van der Waals surface area contributed by atoms with Crippen LogP contribution in [0.3, 0.4) is 0 Å². The second kappa shape index (κ2) is 17.4. The Morgan fingerprint density at radius 2 is 0.796 bits per heavy atom. The normalized spacial score (nSPS) is 12.1. The van der Waals surface area contributed by atoms with Crippen LogP contribution in [0.2, 0.25) is 0 Å². The summed E-state index contributed by atoms with van der Waals surface area (Å²) in [4.78, 5) is 28.0. The molecule has 0 radical (unpaired) electrons. The molecular weight excluding hydrogens is 613 g/mol. The van der Waals surface area contributed by atoms with Gasteiger partial charge in [-0.15, -0.1) is 22.1 Å². The van der Waals surface area contributed by atoms with Gasteiger partial charge >= 0.3 is 23.1 Å². The van der Waals surface area contributed by atoms with E-state index in [0.29, 0.717) is 0 Å². The Bertz CT molecular complexity index is 1900. The molecule has 0 aromatic carbocycles. The Balaban J connectivity index is 0.000000349. The van der Waals surface area contributed by atoms with Gasteiger partial charge in [-0.1, -0.05) is 86.3 Å². The maximum Gasteiger partial charge on any atom is 2.00 e. The molecule has 5 aromatic rings. The van der Waals surface area contributed by atoms with Crippen LogP contribution in [0.4, 0.5) is 0 Å². The molecule has 6 nitrogen and oxygen atoms in total. The average Bonchev–Trinajstić information content (AvgIpc) is 3.79. The summed E-state index contributed by atoms with van der Waals surface area (Å²) >= 11 is 0. The number of fused-ring (bicyclic) bond motifs is 8. The third-order valence-electron chi connectivity index (χ3n) is 9.19. The standard InChI is InChI=1S/C32H36N4.2C5H5N.Mg/c1-9-21-17(5)25-14-30-23(11-3)19(7)27(35-30)16-32-24(12-4)20(8)28(36-32)15-31-22(10-2)18(6)26(34-31)13-29(21)33-25;2*1-2-4-6-5-3-1;/h13-16H,9-12H2,1-8H3;2*1-5H;/q-2;;;+2. The van der Waals surface area contributed by atoms with E-state index in [0.717, 1.165) is 70.5 Å². The maximum atomic E-state index is 5.11. The number of aromatic nitrogens is 6. The zero-order chi connectivity index (χ0) is 34.2. The van der Waals surface area contributed by atoms with E-state index in [2.05, 4.69) is 89.6 Å². The quantitative estimate of drug-likeness (QED) is 0.179. The molecule has 0 fully saturated rings. The average molecular weight is 659 g/mol. The van der Waals surface area contributed by atoms with Crippen molar-refractivity contribution in [1.82, 2.24) is 29.9 Å². The molecule has 0 saturated heterocycles. The predicted molar refractivity (Wildman–Crippen MR) is 207 cm³/mol. The second-order valence-corrected chi connectivity index (χ2v) is 12.0. The third kappa shape index (κ3) is 8.28. The molecule has 0 amide bonds. The monoisotopic (exact) mass is 658 g/mol. The first kappa shape index (κ1) is 37.5. The van der Waals surface area contributed by atoms with E-state index in [1.165, 1.54) is 44.5 Å². The number of hydrogen-bond donors (Lipinski definition) is 0. The van der Waals surface area contributed by atoms with Crippen LogP contribution < -0.4 is 9.97 Å². The predicted octanol–water partition coefficient (Wildman–Crippen LogP) is 9.78. The minimum absolute atomic E-state index is 0. The first-order valence-electron chi connectivity index (χ1n) is 17.0. The molecule has 0 unspecified atom stereocenters. The molecule has 7 heterocycles. The summed E-state index contributed by atoms with van der Waals surface area (Å²) < 4.78 is 0. The van der Waals surface area contributed by atoms with Crippen molar-refractivity contribution in [3.63, 3.8) is 0 Å². The van der Waals surface area contributed by atoms with Crippen LogP contribution in [0.5, 0.6) is 0 Å². The fourth-order valence-electron chi connectivity index (χ4n) is 6.48. The minimum Gasteiger partial charge on any atom is -0.657 e. The van der Waals surface area contributed by atoms with Crippen molar-refractivity contribution < 1.29 is 0 Å². The SMILES string of the molecule is CCC1=C(C)c2cc3[n-]c(cc4nc(cc5[n-]c(cc1n2)c(C)c5CC)C(C)=C4CC)c(C)c3CC.[Mg+2].c1ccncc1.c1ccncc1. The van der Waals surface area contributed by atoms with E-state index in [1.807, 2.05) is 36.4 Å². The Kier molecular flexibility index (Phi) is 13.3. The van der Waals surface area contributed by atoms with Crippen molar-refractivity contribution in [2.75, 3.05) is 0 Å². The van der Waals surface area contributed by atoms with Gasteiger partial charge in [0.2, 0.25) is 0 Å². The van der Waals surface area contributed by atoms with Crippen LogP contribution in [0.25, 0.3) is 44.4 Å². The van der Waals surface area contributed by atoms with Crippen molar-refractivity contribution in [3.05, 3.63) is 130 Å². The van der Waals surface area contributed by atoms with E-state index in [-0.39, 0.29) is 23.1 Å². The molecular formula is C42H46MgN6. The van der Waals surface area contributed by atoms with Crippen LogP contribution in [-0.4, -0.2) is 43.0 Å². The molecule has 0 spiro atoms. The smallest absolute Gasteiger partial charge is 0.657 e. The van der Waals surface area contributed by atoms with Gasteiger partial charge in [0, 0.05) is 24.8 Å². The van der Waals surface area contributed by atoms with Gasteiger partial charge in [-0.2, -0.15) is 0 Å². The van der Waals surface area contributed by atoms with Crippen molar-refractivity contribution in [3.8, 4) is 0 Å². The zero-order valence-electron chi connectivity index (χ0n) is 30.3. The maximum absolute atomic E-state index is 5.11. The number of nitrogens with zero attached hydrogens (tertiary/aromatic N) is 6. The van der Waals surface area contributed by atoms with Gasteiger partial charge in [0.25, 0.3) is 0 Å². The van der Waals surface area contributed by atoms with Crippen LogP contribution >= 0.6 is 0 Å². The van der Waals surface area contributed by atoms with E-state index in [1.54, 1.807) is 24.8 Å². The van der Waals surface area contributed by atoms with Gasteiger partial charge in [0.1, 0.15) is 0 Å². The van der Waals surface area contributed by atoms with Gasteiger partial charge in [0.15, 0.2) is 0 Å². The van der Waals surface area contributed by atoms with Crippen LogP contribution in [0.15, 0.2) is 85.5 Å². The molecule has 7 rings (SSSR count). The fourth-order valence-corrected chi connectivity index (χ4v) is 6.48. The summed E-state index contributed by atoms with van der Waals surface area (Å²) in [5, 5.41) is 0. The summed E-state index contributed by atoms with van der Waals surface area (Å²) in [5.41, 5.74) is 18.2. The Hall–Kier alpha value is -4.33. The molecule has 2 aliphatic rings. The summed E-state index contributed by atoms with van der Waals surface area (Å²) in [6.45, 7) is 17.6. The number of aryl methyl sites for hydroxylation is 4. The molecule has 0 aliphatic carbocycles. The van der Waals surface area contributed by atoms with Gasteiger partial charge in [-0.25, -0.2) is 9.97 Å². The molecule has 0 atom stereocenters. The molecule has 246 valence electrons. The van der Waals surface area contributed by atoms with E-state index in [4.69, 9.17) is 19.9 Å². The second-order valence-electron chi connectivity index (χ2n) is 12.0. The van der Waals surface area contributed by atoms with E-state index < -0.39 is 0 Å². The number of pyridine rings is 2. The summed E-state index contributed by atoms with van der Waals surface area (Å²) in [5.74, 6) is 0. The number of rotatable bonds is 4. The van der Waals surface area contributed by atoms with Crippen molar-refractivity contribution in [1.29, 1.82) is 0 Å². The third-order valence-corrected chi connectivity index (χ3v) is 9.19. The minimum atomic E-state index is 0. The largest absolute Gasteiger partial charge is 2.00 e. The van der Waals surface area contributed by atoms with Crippen LogP contribution in [-0.2, 0) is 12.8 Å². The topological polar surface area (TPSA) is 79.8 Å². The molecule has 0 N–H and O–H groups in total. The van der Waals surface area contributed by atoms with Gasteiger partial charge in [-0.3, -0.25) is 9.97 Å². The first-order chi connectivity index (χ1) is 23.3. The van der Waals surface area contributed by atoms with Gasteiger partial charge in [-0.05, 0) is 99.9 Å². The fraction of sp³-hybridized carbons (Fsp3) is 0.286. The van der Waals surface area contributed by atoms with Crippen molar-refractivity contribution in [2.24, 2.45) is 0 Å². The Labute approximate surface area is 307 Å². The summed E-state index contributed by atoms with van der Waals surface area (Å²) in [7, 11) is 0. The van der Waals surface area contributed by atoms with E-state index in [9.17, 15) is 0 Å². The number of hydrogen-bond acceptors (Lipinski definition) is 4. The van der Waals surface area contributed by atoms with Gasteiger partial charge in [0.05, 0.1) is 22.8 Å². The van der Waals surface area contributed by atoms with Crippen LogP contribution in [0.1, 0.15) is 99.4 Å². The Morgan fingerprint density at radius 3 is 1.06 bits per heavy atom. The van der Waals surface area contributed by atoms with Gasteiger partial charge < -0.3 is 9.97 Å². The molecule has 7 heteroatoms. The molecule has 49 heavy (non-hydrogen) atoms. The molecule has 0 saturated carbocycles.